The van der Waals surface area contributed by atoms with Crippen molar-refractivity contribution in [3.8, 4) is 0 Å². The maximum atomic E-state index is 6.09. The number of hydrogen-bond acceptors (Lipinski definition) is 3. The van der Waals surface area contributed by atoms with Gasteiger partial charge in [-0.1, -0.05) is 12.8 Å². The van der Waals surface area contributed by atoms with E-state index < -0.39 is 0 Å². The summed E-state index contributed by atoms with van der Waals surface area (Å²) in [5.74, 6) is 0.933. The highest BCUT2D eigenvalue weighted by atomic mass is 16.5. The van der Waals surface area contributed by atoms with Crippen LogP contribution in [0.4, 0.5) is 0 Å². The van der Waals surface area contributed by atoms with Crippen molar-refractivity contribution >= 4 is 0 Å². The second kappa shape index (κ2) is 6.55. The van der Waals surface area contributed by atoms with E-state index in [1.54, 1.807) is 0 Å². The molecule has 3 atom stereocenters. The van der Waals surface area contributed by atoms with Crippen LogP contribution >= 0.6 is 0 Å². The molecule has 1 saturated carbocycles. The predicted octanol–water partition coefficient (Wildman–Crippen LogP) is 2.78. The Hall–Kier alpha value is -0.120. The summed E-state index contributed by atoms with van der Waals surface area (Å²) < 4.78 is 5.61. The fourth-order valence-electron chi connectivity index (χ4n) is 4.10. The molecular weight excluding hydrogens is 236 g/mol. The van der Waals surface area contributed by atoms with E-state index in [1.165, 1.54) is 45.1 Å². The number of nitrogens with zero attached hydrogens (tertiary/aromatic N) is 1. The lowest BCUT2D eigenvalue weighted by molar-refractivity contribution is -0.0344. The SMILES string of the molecule is COC(C)(C)CC(CN)N1CCCC2CCCCC21. The van der Waals surface area contributed by atoms with Gasteiger partial charge in [0.25, 0.3) is 0 Å². The Bertz CT molecular complexity index is 278. The van der Waals surface area contributed by atoms with Gasteiger partial charge < -0.3 is 10.5 Å². The molecule has 0 aromatic heterocycles. The molecule has 1 aliphatic carbocycles. The van der Waals surface area contributed by atoms with Gasteiger partial charge >= 0.3 is 0 Å². The molecule has 19 heavy (non-hydrogen) atoms. The Morgan fingerprint density at radius 2 is 1.89 bits per heavy atom. The standard InChI is InChI=1S/C16H32N2O/c1-16(2,19-3)11-14(12-17)18-10-6-8-13-7-4-5-9-15(13)18/h13-15H,4-12,17H2,1-3H3. The predicted molar refractivity (Wildman–Crippen MR) is 80.2 cm³/mol. The molecule has 2 aliphatic rings. The molecule has 1 heterocycles. The molecule has 0 bridgehead atoms. The van der Waals surface area contributed by atoms with Crippen molar-refractivity contribution in [1.29, 1.82) is 0 Å². The first kappa shape index (κ1) is 15.3. The van der Waals surface area contributed by atoms with E-state index in [2.05, 4.69) is 18.7 Å². The van der Waals surface area contributed by atoms with Gasteiger partial charge in [-0.05, 0) is 58.4 Å². The van der Waals surface area contributed by atoms with E-state index in [-0.39, 0.29) is 5.60 Å². The van der Waals surface area contributed by atoms with E-state index in [9.17, 15) is 0 Å². The van der Waals surface area contributed by atoms with Gasteiger partial charge in [0.1, 0.15) is 0 Å². The molecule has 2 N–H and O–H groups in total. The van der Waals surface area contributed by atoms with E-state index in [0.29, 0.717) is 6.04 Å². The normalized spacial score (nSPS) is 30.9. The highest BCUT2D eigenvalue weighted by Gasteiger charge is 2.37. The summed E-state index contributed by atoms with van der Waals surface area (Å²) in [4.78, 5) is 2.73. The molecule has 1 saturated heterocycles. The molecule has 0 aromatic carbocycles. The smallest absolute Gasteiger partial charge is 0.0638 e. The average molecular weight is 268 g/mol. The minimum atomic E-state index is -0.0638. The van der Waals surface area contributed by atoms with Crippen LogP contribution in [-0.2, 0) is 4.74 Å². The third-order valence-electron chi connectivity index (χ3n) is 5.31. The zero-order chi connectivity index (χ0) is 13.9. The molecular formula is C16H32N2O. The quantitative estimate of drug-likeness (QED) is 0.833. The molecule has 2 rings (SSSR count). The second-order valence-corrected chi connectivity index (χ2v) is 7.05. The van der Waals surface area contributed by atoms with Gasteiger partial charge in [0.2, 0.25) is 0 Å². The molecule has 0 aromatic rings. The van der Waals surface area contributed by atoms with Crippen LogP contribution in [0.3, 0.4) is 0 Å². The van der Waals surface area contributed by atoms with Crippen molar-refractivity contribution in [2.45, 2.75) is 76.5 Å². The largest absolute Gasteiger partial charge is 0.379 e. The Labute approximate surface area is 118 Å². The van der Waals surface area contributed by atoms with Crippen LogP contribution in [0.25, 0.3) is 0 Å². The molecule has 3 heteroatoms. The first-order valence-corrected chi connectivity index (χ1v) is 8.08. The van der Waals surface area contributed by atoms with Crippen molar-refractivity contribution in [1.82, 2.24) is 4.90 Å². The van der Waals surface area contributed by atoms with Gasteiger partial charge in [-0.3, -0.25) is 4.90 Å². The summed E-state index contributed by atoms with van der Waals surface area (Å²) in [6, 6.07) is 1.28. The maximum Gasteiger partial charge on any atom is 0.0638 e. The van der Waals surface area contributed by atoms with Crippen molar-refractivity contribution < 1.29 is 4.74 Å². The lowest BCUT2D eigenvalue weighted by atomic mass is 9.77. The number of nitrogens with two attached hydrogens (primary N) is 1. The zero-order valence-electron chi connectivity index (χ0n) is 13.0. The number of piperidine rings is 1. The Balaban J connectivity index is 2.03. The minimum Gasteiger partial charge on any atom is -0.379 e. The van der Waals surface area contributed by atoms with Crippen molar-refractivity contribution in [2.75, 3.05) is 20.2 Å². The zero-order valence-corrected chi connectivity index (χ0v) is 13.0. The van der Waals surface area contributed by atoms with Crippen LogP contribution in [0.5, 0.6) is 0 Å². The summed E-state index contributed by atoms with van der Waals surface area (Å²) in [5.41, 5.74) is 6.03. The molecule has 3 nitrogen and oxygen atoms in total. The van der Waals surface area contributed by atoms with Crippen LogP contribution in [0.15, 0.2) is 0 Å². The molecule has 3 unspecified atom stereocenters. The molecule has 2 fully saturated rings. The average Bonchev–Trinajstić information content (AvgIpc) is 2.44. The highest BCUT2D eigenvalue weighted by molar-refractivity contribution is 4.92. The molecule has 1 aliphatic heterocycles. The van der Waals surface area contributed by atoms with E-state index in [4.69, 9.17) is 10.5 Å². The third-order valence-corrected chi connectivity index (χ3v) is 5.31. The Morgan fingerprint density at radius 1 is 1.21 bits per heavy atom. The maximum absolute atomic E-state index is 6.09. The second-order valence-electron chi connectivity index (χ2n) is 7.05. The van der Waals surface area contributed by atoms with Crippen LogP contribution < -0.4 is 5.73 Å². The molecule has 0 radical (unpaired) electrons. The monoisotopic (exact) mass is 268 g/mol. The molecule has 0 spiro atoms. The molecule has 0 amide bonds. The Kier molecular flexibility index (Phi) is 5.27. The van der Waals surface area contributed by atoms with Crippen LogP contribution in [0, 0.1) is 5.92 Å². The number of rotatable bonds is 5. The number of ether oxygens (including phenoxy) is 1. The fourth-order valence-corrected chi connectivity index (χ4v) is 4.10. The summed E-state index contributed by atoms with van der Waals surface area (Å²) in [6.07, 6.45) is 9.50. The topological polar surface area (TPSA) is 38.5 Å². The third kappa shape index (κ3) is 3.71. The van der Waals surface area contributed by atoms with Gasteiger partial charge in [-0.2, -0.15) is 0 Å². The summed E-state index contributed by atoms with van der Waals surface area (Å²) in [5, 5.41) is 0. The van der Waals surface area contributed by atoms with Crippen molar-refractivity contribution in [2.24, 2.45) is 11.7 Å². The number of methoxy groups -OCH3 is 1. The lowest BCUT2D eigenvalue weighted by Gasteiger charge is -2.48. The summed E-state index contributed by atoms with van der Waals surface area (Å²) in [6.45, 7) is 6.36. The highest BCUT2D eigenvalue weighted by Crippen LogP contribution is 2.37. The minimum absolute atomic E-state index is 0.0638. The molecule has 112 valence electrons. The van der Waals surface area contributed by atoms with Gasteiger partial charge in [0.15, 0.2) is 0 Å². The fraction of sp³-hybridized carbons (Fsp3) is 1.00. The Morgan fingerprint density at radius 3 is 2.58 bits per heavy atom. The first-order valence-electron chi connectivity index (χ1n) is 8.08. The van der Waals surface area contributed by atoms with Crippen molar-refractivity contribution in [3.63, 3.8) is 0 Å². The van der Waals surface area contributed by atoms with Gasteiger partial charge in [0.05, 0.1) is 5.60 Å². The van der Waals surface area contributed by atoms with Crippen LogP contribution in [0.2, 0.25) is 0 Å². The van der Waals surface area contributed by atoms with Gasteiger partial charge in [-0.15, -0.1) is 0 Å². The van der Waals surface area contributed by atoms with Gasteiger partial charge in [-0.25, -0.2) is 0 Å². The van der Waals surface area contributed by atoms with Crippen molar-refractivity contribution in [3.05, 3.63) is 0 Å². The number of likely N-dealkylation sites (tertiary alicyclic amines) is 1. The summed E-state index contributed by atoms with van der Waals surface area (Å²) >= 11 is 0. The van der Waals surface area contributed by atoms with Crippen LogP contribution in [-0.4, -0.2) is 42.8 Å². The van der Waals surface area contributed by atoms with E-state index >= 15 is 0 Å². The van der Waals surface area contributed by atoms with Crippen LogP contribution in [0.1, 0.15) is 58.8 Å². The lowest BCUT2D eigenvalue weighted by Crippen LogP contribution is -2.55. The van der Waals surface area contributed by atoms with E-state index in [1.807, 2.05) is 7.11 Å². The summed E-state index contributed by atoms with van der Waals surface area (Å²) in [7, 11) is 1.81. The number of fused-ring (bicyclic) bond motifs is 1. The van der Waals surface area contributed by atoms with E-state index in [0.717, 1.165) is 24.9 Å². The van der Waals surface area contributed by atoms with Gasteiger partial charge in [0, 0.05) is 25.7 Å². The first-order chi connectivity index (χ1) is 9.07. The number of hydrogen-bond donors (Lipinski definition) is 1.